The molecule has 2 aromatic heterocycles. The first-order valence-corrected chi connectivity index (χ1v) is 10.1. The van der Waals surface area contributed by atoms with Gasteiger partial charge in [0.2, 0.25) is 0 Å². The van der Waals surface area contributed by atoms with Crippen molar-refractivity contribution in [2.45, 2.75) is 30.1 Å². The lowest BCUT2D eigenvalue weighted by Gasteiger charge is -2.15. The Hall–Kier alpha value is -3.05. The van der Waals surface area contributed by atoms with Gasteiger partial charge in [0, 0.05) is 32.8 Å². The van der Waals surface area contributed by atoms with Crippen molar-refractivity contribution in [3.63, 3.8) is 0 Å². The van der Waals surface area contributed by atoms with Crippen LogP contribution in [0.4, 0.5) is 17.1 Å². The van der Waals surface area contributed by atoms with Gasteiger partial charge in [0.1, 0.15) is 0 Å². The third kappa shape index (κ3) is 3.94. The summed E-state index contributed by atoms with van der Waals surface area (Å²) in [5.74, 6) is 0. The molecule has 3 N–H and O–H groups in total. The van der Waals surface area contributed by atoms with Gasteiger partial charge in [-0.3, -0.25) is 0 Å². The Kier molecular flexibility index (Phi) is 5.17. The SMILES string of the molecule is CCc1ccc(Sc2ccc(N)cc2)c(Nc2ccnc3nc(C)ccc23)c1. The average Bonchev–Trinajstić information content (AvgIpc) is 2.71. The number of rotatable bonds is 5. The molecule has 0 amide bonds. The number of nitrogens with one attached hydrogen (secondary N) is 1. The Morgan fingerprint density at radius 1 is 0.964 bits per heavy atom. The molecular formula is C23H22N4S. The quantitative estimate of drug-likeness (QED) is 0.413. The lowest BCUT2D eigenvalue weighted by atomic mass is 10.1. The minimum atomic E-state index is 0.754. The first-order chi connectivity index (χ1) is 13.6. The molecule has 140 valence electrons. The topological polar surface area (TPSA) is 63.8 Å². The van der Waals surface area contributed by atoms with Crippen LogP contribution in [0.5, 0.6) is 0 Å². The Morgan fingerprint density at radius 3 is 2.57 bits per heavy atom. The van der Waals surface area contributed by atoms with Crippen LogP contribution in [0.25, 0.3) is 11.0 Å². The fourth-order valence-corrected chi connectivity index (χ4v) is 3.91. The van der Waals surface area contributed by atoms with Gasteiger partial charge in [-0.15, -0.1) is 0 Å². The molecule has 0 aliphatic rings. The highest BCUT2D eigenvalue weighted by molar-refractivity contribution is 7.99. The number of nitrogens with zero attached hydrogens (tertiary/aromatic N) is 2. The summed E-state index contributed by atoms with van der Waals surface area (Å²) in [4.78, 5) is 11.3. The van der Waals surface area contributed by atoms with E-state index in [2.05, 4.69) is 46.5 Å². The van der Waals surface area contributed by atoms with Gasteiger partial charge in [0.05, 0.1) is 11.4 Å². The van der Waals surface area contributed by atoms with Crippen LogP contribution in [0, 0.1) is 6.92 Å². The summed E-state index contributed by atoms with van der Waals surface area (Å²) >= 11 is 1.72. The van der Waals surface area contributed by atoms with E-state index in [9.17, 15) is 0 Å². The van der Waals surface area contributed by atoms with Crippen molar-refractivity contribution in [1.29, 1.82) is 0 Å². The summed E-state index contributed by atoms with van der Waals surface area (Å²) < 4.78 is 0. The third-order valence-corrected chi connectivity index (χ3v) is 5.66. The number of aromatic nitrogens is 2. The van der Waals surface area contributed by atoms with E-state index in [1.165, 1.54) is 5.56 Å². The molecule has 0 spiro atoms. The van der Waals surface area contributed by atoms with E-state index in [4.69, 9.17) is 5.73 Å². The molecule has 4 nitrogen and oxygen atoms in total. The lowest BCUT2D eigenvalue weighted by Crippen LogP contribution is -1.97. The number of nitrogen functional groups attached to an aromatic ring is 1. The monoisotopic (exact) mass is 386 g/mol. The maximum absolute atomic E-state index is 5.82. The van der Waals surface area contributed by atoms with Gasteiger partial charge >= 0.3 is 0 Å². The van der Waals surface area contributed by atoms with Gasteiger partial charge in [-0.2, -0.15) is 0 Å². The maximum atomic E-state index is 5.82. The summed E-state index contributed by atoms with van der Waals surface area (Å²) in [5, 5.41) is 4.63. The average molecular weight is 387 g/mol. The van der Waals surface area contributed by atoms with Crippen molar-refractivity contribution in [3.05, 3.63) is 78.1 Å². The van der Waals surface area contributed by atoms with Crippen LogP contribution >= 0.6 is 11.8 Å². The van der Waals surface area contributed by atoms with Crippen molar-refractivity contribution in [1.82, 2.24) is 9.97 Å². The van der Waals surface area contributed by atoms with Gasteiger partial charge < -0.3 is 11.1 Å². The number of pyridine rings is 2. The van der Waals surface area contributed by atoms with E-state index in [-0.39, 0.29) is 0 Å². The fourth-order valence-electron chi connectivity index (χ4n) is 3.02. The largest absolute Gasteiger partial charge is 0.399 e. The van der Waals surface area contributed by atoms with Gasteiger partial charge in [-0.1, -0.05) is 24.8 Å². The highest BCUT2D eigenvalue weighted by atomic mass is 32.2. The van der Waals surface area contributed by atoms with Crippen molar-refractivity contribution in [3.8, 4) is 0 Å². The van der Waals surface area contributed by atoms with Crippen LogP contribution in [0.2, 0.25) is 0 Å². The maximum Gasteiger partial charge on any atom is 0.161 e. The molecule has 0 saturated carbocycles. The van der Waals surface area contributed by atoms with Crippen molar-refractivity contribution >= 4 is 39.9 Å². The van der Waals surface area contributed by atoms with Crippen LogP contribution in [-0.4, -0.2) is 9.97 Å². The molecule has 0 aliphatic carbocycles. The lowest BCUT2D eigenvalue weighted by molar-refractivity contribution is 1.13. The van der Waals surface area contributed by atoms with E-state index in [0.29, 0.717) is 0 Å². The number of benzene rings is 2. The molecule has 2 aromatic carbocycles. The van der Waals surface area contributed by atoms with Gasteiger partial charge in [0.15, 0.2) is 5.65 Å². The predicted octanol–water partition coefficient (Wildman–Crippen LogP) is 5.98. The Morgan fingerprint density at radius 2 is 1.79 bits per heavy atom. The van der Waals surface area contributed by atoms with Crippen molar-refractivity contribution < 1.29 is 0 Å². The van der Waals surface area contributed by atoms with E-state index in [1.807, 2.05) is 43.3 Å². The highest BCUT2D eigenvalue weighted by Crippen LogP contribution is 2.37. The van der Waals surface area contributed by atoms with Crippen molar-refractivity contribution in [2.75, 3.05) is 11.1 Å². The molecule has 0 aliphatic heterocycles. The molecule has 28 heavy (non-hydrogen) atoms. The second-order valence-electron chi connectivity index (χ2n) is 6.66. The summed E-state index contributed by atoms with van der Waals surface area (Å²) in [6.45, 7) is 4.15. The van der Waals surface area contributed by atoms with Crippen LogP contribution in [0.15, 0.2) is 76.7 Å². The van der Waals surface area contributed by atoms with E-state index >= 15 is 0 Å². The molecule has 0 radical (unpaired) electrons. The van der Waals surface area contributed by atoms with Crippen LogP contribution in [0.3, 0.4) is 0 Å². The van der Waals surface area contributed by atoms with Gasteiger partial charge in [-0.25, -0.2) is 9.97 Å². The molecule has 5 heteroatoms. The van der Waals surface area contributed by atoms with E-state index in [0.717, 1.165) is 50.0 Å². The molecule has 4 aromatic rings. The zero-order chi connectivity index (χ0) is 19.5. The molecular weight excluding hydrogens is 364 g/mol. The van der Waals surface area contributed by atoms with Gasteiger partial charge in [0.25, 0.3) is 0 Å². The third-order valence-electron chi connectivity index (χ3n) is 4.57. The van der Waals surface area contributed by atoms with E-state index in [1.54, 1.807) is 18.0 Å². The molecule has 0 saturated heterocycles. The Labute approximate surface area is 169 Å². The normalized spacial score (nSPS) is 10.9. The van der Waals surface area contributed by atoms with Crippen molar-refractivity contribution in [2.24, 2.45) is 0 Å². The molecule has 0 bridgehead atoms. The molecule has 4 rings (SSSR count). The van der Waals surface area contributed by atoms with E-state index < -0.39 is 0 Å². The van der Waals surface area contributed by atoms with Crippen LogP contribution < -0.4 is 11.1 Å². The first kappa shape index (κ1) is 18.3. The summed E-state index contributed by atoms with van der Waals surface area (Å²) in [6.07, 6.45) is 2.78. The second kappa shape index (κ2) is 7.90. The predicted molar refractivity (Wildman–Crippen MR) is 118 cm³/mol. The summed E-state index contributed by atoms with van der Waals surface area (Å²) in [5.41, 5.74) is 11.7. The standard InChI is InChI=1S/C23H22N4S/c1-3-16-5-11-22(28-18-8-6-17(24)7-9-18)21(14-16)27-20-12-13-25-23-19(20)10-4-15(2)26-23/h4-14H,3,24H2,1-2H3,(H,25,26,27). The number of fused-ring (bicyclic) bond motifs is 1. The smallest absolute Gasteiger partial charge is 0.161 e. The minimum absolute atomic E-state index is 0.754. The zero-order valence-corrected chi connectivity index (χ0v) is 16.8. The fraction of sp³-hybridized carbons (Fsp3) is 0.130. The molecule has 2 heterocycles. The van der Waals surface area contributed by atoms with Crippen LogP contribution in [0.1, 0.15) is 18.2 Å². The number of anilines is 3. The number of hydrogen-bond donors (Lipinski definition) is 2. The second-order valence-corrected chi connectivity index (χ2v) is 7.78. The molecule has 0 unspecified atom stereocenters. The molecule has 0 fully saturated rings. The minimum Gasteiger partial charge on any atom is -0.399 e. The molecule has 0 atom stereocenters. The van der Waals surface area contributed by atoms with Crippen LogP contribution in [-0.2, 0) is 6.42 Å². The zero-order valence-electron chi connectivity index (χ0n) is 15.9. The first-order valence-electron chi connectivity index (χ1n) is 9.28. The summed E-state index contributed by atoms with van der Waals surface area (Å²) in [6, 6.07) is 20.6. The number of hydrogen-bond acceptors (Lipinski definition) is 5. The van der Waals surface area contributed by atoms with Gasteiger partial charge in [-0.05, 0) is 73.5 Å². The Balaban J connectivity index is 1.73. The Bertz CT molecular complexity index is 1120. The number of nitrogens with two attached hydrogens (primary N) is 1. The highest BCUT2D eigenvalue weighted by Gasteiger charge is 2.09. The number of aryl methyl sites for hydroxylation is 2. The summed E-state index contributed by atoms with van der Waals surface area (Å²) in [7, 11) is 0.